The standard InChI is InChI=1S/C15H14F2N2/c16-11-6-7-12(13(17)9-11)15-8-10-4-2-1-3-5-14(10)18-19-15/h6-9H,1-5H2. The number of nitrogens with zero attached hydrogens (tertiary/aromatic N) is 2. The number of rotatable bonds is 1. The summed E-state index contributed by atoms with van der Waals surface area (Å²) in [6.45, 7) is 0. The van der Waals surface area contributed by atoms with Crippen molar-refractivity contribution in [3.8, 4) is 11.3 Å². The van der Waals surface area contributed by atoms with E-state index in [0.29, 0.717) is 11.3 Å². The Hall–Kier alpha value is -1.84. The monoisotopic (exact) mass is 260 g/mol. The van der Waals surface area contributed by atoms with Crippen molar-refractivity contribution in [1.82, 2.24) is 10.2 Å². The lowest BCUT2D eigenvalue weighted by atomic mass is 10.1. The maximum absolute atomic E-state index is 13.7. The molecule has 0 fully saturated rings. The summed E-state index contributed by atoms with van der Waals surface area (Å²) in [5.74, 6) is -1.17. The first-order valence-corrected chi connectivity index (χ1v) is 6.55. The molecule has 3 rings (SSSR count). The molecule has 0 bridgehead atoms. The number of hydrogen-bond acceptors (Lipinski definition) is 2. The minimum Gasteiger partial charge on any atom is -0.207 e. The highest BCUT2D eigenvalue weighted by Gasteiger charge is 2.14. The molecule has 1 aromatic heterocycles. The van der Waals surface area contributed by atoms with Gasteiger partial charge in [0.25, 0.3) is 0 Å². The molecular formula is C15H14F2N2. The number of benzene rings is 1. The summed E-state index contributed by atoms with van der Waals surface area (Å²) in [5.41, 5.74) is 2.95. The summed E-state index contributed by atoms with van der Waals surface area (Å²) in [7, 11) is 0. The highest BCUT2D eigenvalue weighted by atomic mass is 19.1. The lowest BCUT2D eigenvalue weighted by Crippen LogP contribution is -2.00. The van der Waals surface area contributed by atoms with E-state index >= 15 is 0 Å². The van der Waals surface area contributed by atoms with Gasteiger partial charge in [0.05, 0.1) is 11.4 Å². The van der Waals surface area contributed by atoms with Crippen LogP contribution in [0.5, 0.6) is 0 Å². The second kappa shape index (κ2) is 5.03. The molecule has 1 aliphatic rings. The van der Waals surface area contributed by atoms with Crippen LogP contribution in [0.15, 0.2) is 24.3 Å². The lowest BCUT2D eigenvalue weighted by Gasteiger charge is -2.07. The first kappa shape index (κ1) is 12.2. The highest BCUT2D eigenvalue weighted by Crippen LogP contribution is 2.25. The van der Waals surface area contributed by atoms with Gasteiger partial charge in [0.15, 0.2) is 0 Å². The maximum Gasteiger partial charge on any atom is 0.135 e. The summed E-state index contributed by atoms with van der Waals surface area (Å²) >= 11 is 0. The van der Waals surface area contributed by atoms with Crippen molar-refractivity contribution in [3.63, 3.8) is 0 Å². The van der Waals surface area contributed by atoms with Crippen molar-refractivity contribution in [2.45, 2.75) is 32.1 Å². The van der Waals surface area contributed by atoms with Gasteiger partial charge in [-0.2, -0.15) is 10.2 Å². The van der Waals surface area contributed by atoms with Gasteiger partial charge < -0.3 is 0 Å². The van der Waals surface area contributed by atoms with Crippen molar-refractivity contribution in [2.24, 2.45) is 0 Å². The van der Waals surface area contributed by atoms with Gasteiger partial charge in [-0.25, -0.2) is 8.78 Å². The molecule has 1 heterocycles. The molecule has 0 saturated carbocycles. The Morgan fingerprint density at radius 3 is 2.58 bits per heavy atom. The fraction of sp³-hybridized carbons (Fsp3) is 0.333. The molecule has 1 aromatic carbocycles. The van der Waals surface area contributed by atoms with Gasteiger partial charge >= 0.3 is 0 Å². The highest BCUT2D eigenvalue weighted by molar-refractivity contribution is 5.60. The summed E-state index contributed by atoms with van der Waals surface area (Å²) in [5, 5.41) is 8.29. The Morgan fingerprint density at radius 2 is 1.74 bits per heavy atom. The molecule has 0 amide bonds. The van der Waals surface area contributed by atoms with Crippen LogP contribution in [-0.4, -0.2) is 10.2 Å². The average molecular weight is 260 g/mol. The fourth-order valence-electron chi connectivity index (χ4n) is 2.50. The van der Waals surface area contributed by atoms with Crippen LogP contribution in [0.25, 0.3) is 11.3 Å². The van der Waals surface area contributed by atoms with Crippen molar-refractivity contribution in [2.75, 3.05) is 0 Å². The second-order valence-corrected chi connectivity index (χ2v) is 4.89. The number of fused-ring (bicyclic) bond motifs is 1. The minimum absolute atomic E-state index is 0.306. The van der Waals surface area contributed by atoms with E-state index in [1.165, 1.54) is 18.6 Å². The van der Waals surface area contributed by atoms with Gasteiger partial charge in [-0.1, -0.05) is 6.42 Å². The van der Waals surface area contributed by atoms with E-state index in [2.05, 4.69) is 10.2 Å². The van der Waals surface area contributed by atoms with Gasteiger partial charge in [-0.3, -0.25) is 0 Å². The van der Waals surface area contributed by atoms with Gasteiger partial charge in [0, 0.05) is 11.6 Å². The lowest BCUT2D eigenvalue weighted by molar-refractivity contribution is 0.585. The first-order chi connectivity index (χ1) is 9.24. The van der Waals surface area contributed by atoms with E-state index in [-0.39, 0.29) is 0 Å². The zero-order valence-electron chi connectivity index (χ0n) is 10.5. The van der Waals surface area contributed by atoms with Crippen LogP contribution in [0.2, 0.25) is 0 Å². The van der Waals surface area contributed by atoms with Crippen LogP contribution in [0.1, 0.15) is 30.5 Å². The molecule has 0 N–H and O–H groups in total. The first-order valence-electron chi connectivity index (χ1n) is 6.55. The summed E-state index contributed by atoms with van der Waals surface area (Å²) in [4.78, 5) is 0. The fourth-order valence-corrected chi connectivity index (χ4v) is 2.50. The Morgan fingerprint density at radius 1 is 0.895 bits per heavy atom. The zero-order valence-corrected chi connectivity index (χ0v) is 10.5. The van der Waals surface area contributed by atoms with E-state index in [1.807, 2.05) is 6.07 Å². The van der Waals surface area contributed by atoms with Crippen LogP contribution >= 0.6 is 0 Å². The van der Waals surface area contributed by atoms with Crippen molar-refractivity contribution < 1.29 is 8.78 Å². The van der Waals surface area contributed by atoms with E-state index < -0.39 is 11.6 Å². The predicted octanol–water partition coefficient (Wildman–Crippen LogP) is 3.69. The predicted molar refractivity (Wildman–Crippen MR) is 68.6 cm³/mol. The summed E-state index contributed by atoms with van der Waals surface area (Å²) in [6.07, 6.45) is 5.35. The van der Waals surface area contributed by atoms with Crippen molar-refractivity contribution in [1.29, 1.82) is 0 Å². The van der Waals surface area contributed by atoms with Crippen LogP contribution < -0.4 is 0 Å². The number of hydrogen-bond donors (Lipinski definition) is 0. The summed E-state index contributed by atoms with van der Waals surface area (Å²) < 4.78 is 26.7. The third-order valence-electron chi connectivity index (χ3n) is 3.53. The minimum atomic E-state index is -0.595. The Bertz CT molecular complexity index is 611. The smallest absolute Gasteiger partial charge is 0.135 e. The molecule has 0 radical (unpaired) electrons. The normalized spacial score (nSPS) is 14.8. The van der Waals surface area contributed by atoms with Gasteiger partial charge in [-0.05, 0) is 49.4 Å². The second-order valence-electron chi connectivity index (χ2n) is 4.89. The van der Waals surface area contributed by atoms with E-state index in [0.717, 1.165) is 43.0 Å². The molecule has 19 heavy (non-hydrogen) atoms. The molecule has 0 spiro atoms. The van der Waals surface area contributed by atoms with E-state index in [9.17, 15) is 8.78 Å². The quantitative estimate of drug-likeness (QED) is 0.731. The van der Waals surface area contributed by atoms with Gasteiger partial charge in [0.1, 0.15) is 11.6 Å². The zero-order chi connectivity index (χ0) is 13.2. The molecule has 0 aliphatic heterocycles. The number of aryl methyl sites for hydroxylation is 2. The third-order valence-corrected chi connectivity index (χ3v) is 3.53. The molecule has 2 nitrogen and oxygen atoms in total. The van der Waals surface area contributed by atoms with Crippen molar-refractivity contribution in [3.05, 3.63) is 47.2 Å². The van der Waals surface area contributed by atoms with Gasteiger partial charge in [-0.15, -0.1) is 0 Å². The Kier molecular flexibility index (Phi) is 3.23. The Balaban J connectivity index is 2.03. The average Bonchev–Trinajstić information content (AvgIpc) is 2.63. The molecule has 0 unspecified atom stereocenters. The topological polar surface area (TPSA) is 25.8 Å². The molecule has 0 atom stereocenters. The largest absolute Gasteiger partial charge is 0.207 e. The SMILES string of the molecule is Fc1ccc(-c2cc3c(nn2)CCCCC3)c(F)c1. The van der Waals surface area contributed by atoms with E-state index in [4.69, 9.17) is 0 Å². The Labute approximate surface area is 110 Å². The van der Waals surface area contributed by atoms with E-state index in [1.54, 1.807) is 0 Å². The molecular weight excluding hydrogens is 246 g/mol. The van der Waals surface area contributed by atoms with Gasteiger partial charge in [0.2, 0.25) is 0 Å². The maximum atomic E-state index is 13.7. The van der Waals surface area contributed by atoms with Crippen molar-refractivity contribution >= 4 is 0 Å². The van der Waals surface area contributed by atoms with Crippen LogP contribution in [0.3, 0.4) is 0 Å². The molecule has 98 valence electrons. The van der Waals surface area contributed by atoms with Crippen LogP contribution in [0.4, 0.5) is 8.78 Å². The molecule has 4 heteroatoms. The molecule has 2 aromatic rings. The molecule has 1 aliphatic carbocycles. The van der Waals surface area contributed by atoms with Crippen LogP contribution in [-0.2, 0) is 12.8 Å². The number of aromatic nitrogens is 2. The summed E-state index contributed by atoms with van der Waals surface area (Å²) in [6, 6.07) is 5.43. The third kappa shape index (κ3) is 2.48. The molecule has 0 saturated heterocycles. The number of halogens is 2. The van der Waals surface area contributed by atoms with Crippen LogP contribution in [0, 0.1) is 11.6 Å².